The van der Waals surface area contributed by atoms with E-state index in [4.69, 9.17) is 11.5 Å². The van der Waals surface area contributed by atoms with Crippen molar-refractivity contribution in [3.8, 4) is 0 Å². The van der Waals surface area contributed by atoms with Gasteiger partial charge in [0.25, 0.3) is 5.91 Å². The van der Waals surface area contributed by atoms with Crippen molar-refractivity contribution < 1.29 is 9.59 Å². The van der Waals surface area contributed by atoms with E-state index >= 15 is 0 Å². The average molecular weight is 290 g/mol. The maximum atomic E-state index is 12.5. The quantitative estimate of drug-likeness (QED) is 0.780. The van der Waals surface area contributed by atoms with Gasteiger partial charge >= 0.3 is 6.03 Å². The lowest BCUT2D eigenvalue weighted by atomic mass is 9.94. The van der Waals surface area contributed by atoms with Gasteiger partial charge in [-0.2, -0.15) is 0 Å². The van der Waals surface area contributed by atoms with Gasteiger partial charge in [-0.25, -0.2) is 4.79 Å². The van der Waals surface area contributed by atoms with Gasteiger partial charge in [0.2, 0.25) is 0 Å². The van der Waals surface area contributed by atoms with Crippen LogP contribution in [-0.4, -0.2) is 36.5 Å². The van der Waals surface area contributed by atoms with Crippen LogP contribution in [0, 0.1) is 5.92 Å². The molecule has 0 bridgehead atoms. The monoisotopic (exact) mass is 290 g/mol. The molecule has 0 saturated carbocycles. The average Bonchev–Trinajstić information content (AvgIpc) is 2.47. The zero-order valence-electron chi connectivity index (χ0n) is 12.0. The molecule has 1 aliphatic heterocycles. The second-order valence-corrected chi connectivity index (χ2v) is 5.41. The van der Waals surface area contributed by atoms with E-state index in [0.29, 0.717) is 23.7 Å². The van der Waals surface area contributed by atoms with Crippen molar-refractivity contribution in [3.63, 3.8) is 0 Å². The minimum Gasteiger partial charge on any atom is -0.351 e. The van der Waals surface area contributed by atoms with E-state index in [2.05, 4.69) is 5.32 Å². The predicted octanol–water partition coefficient (Wildman–Crippen LogP) is 1.38. The summed E-state index contributed by atoms with van der Waals surface area (Å²) in [6.45, 7) is 2.18. The van der Waals surface area contributed by atoms with Crippen molar-refractivity contribution in [2.24, 2.45) is 17.4 Å². The van der Waals surface area contributed by atoms with Crippen molar-refractivity contribution in [1.29, 1.82) is 0 Å². The van der Waals surface area contributed by atoms with Crippen LogP contribution in [0.4, 0.5) is 10.5 Å². The van der Waals surface area contributed by atoms with E-state index in [-0.39, 0.29) is 5.91 Å². The van der Waals surface area contributed by atoms with Crippen LogP contribution in [0.5, 0.6) is 0 Å². The topological polar surface area (TPSA) is 101 Å². The van der Waals surface area contributed by atoms with Crippen LogP contribution in [0.3, 0.4) is 0 Å². The lowest BCUT2D eigenvalue weighted by Crippen LogP contribution is -2.40. The minimum absolute atomic E-state index is 0.00941. The highest BCUT2D eigenvalue weighted by atomic mass is 16.2. The summed E-state index contributed by atoms with van der Waals surface area (Å²) in [6.07, 6.45) is 3.09. The Morgan fingerprint density at radius 1 is 1.38 bits per heavy atom. The second kappa shape index (κ2) is 7.08. The van der Waals surface area contributed by atoms with E-state index in [1.54, 1.807) is 24.3 Å². The van der Waals surface area contributed by atoms with Gasteiger partial charge in [0.15, 0.2) is 0 Å². The van der Waals surface area contributed by atoms with Crippen LogP contribution in [0.25, 0.3) is 0 Å². The third-order valence-corrected chi connectivity index (χ3v) is 3.76. The number of benzene rings is 1. The second-order valence-electron chi connectivity index (χ2n) is 5.41. The van der Waals surface area contributed by atoms with Gasteiger partial charge in [-0.1, -0.05) is 6.07 Å². The number of primary amides is 1. The predicted molar refractivity (Wildman–Crippen MR) is 81.9 cm³/mol. The van der Waals surface area contributed by atoms with Crippen LogP contribution >= 0.6 is 0 Å². The summed E-state index contributed by atoms with van der Waals surface area (Å²) in [7, 11) is 0. The Balaban J connectivity index is 2.06. The number of piperidine rings is 1. The lowest BCUT2D eigenvalue weighted by molar-refractivity contribution is 0.0669. The van der Waals surface area contributed by atoms with E-state index in [1.807, 2.05) is 4.90 Å². The third kappa shape index (κ3) is 4.19. The van der Waals surface area contributed by atoms with Gasteiger partial charge in [-0.05, 0) is 49.9 Å². The normalized spacial score (nSPS) is 18.3. The molecule has 6 nitrogen and oxygen atoms in total. The first-order valence-corrected chi connectivity index (χ1v) is 7.26. The number of likely N-dealkylation sites (tertiary alicyclic amines) is 1. The van der Waals surface area contributed by atoms with Crippen LogP contribution in [0.15, 0.2) is 24.3 Å². The van der Waals surface area contributed by atoms with Crippen LogP contribution < -0.4 is 16.8 Å². The molecule has 1 aliphatic rings. The molecule has 1 atom stereocenters. The summed E-state index contributed by atoms with van der Waals surface area (Å²) in [6, 6.07) is 6.20. The van der Waals surface area contributed by atoms with Crippen LogP contribution in [-0.2, 0) is 0 Å². The number of hydrogen-bond donors (Lipinski definition) is 3. The fourth-order valence-electron chi connectivity index (χ4n) is 2.78. The highest BCUT2D eigenvalue weighted by molar-refractivity contribution is 5.96. The van der Waals surface area contributed by atoms with E-state index in [9.17, 15) is 9.59 Å². The molecule has 1 fully saturated rings. The van der Waals surface area contributed by atoms with Crippen LogP contribution in [0.1, 0.15) is 29.6 Å². The summed E-state index contributed by atoms with van der Waals surface area (Å²) in [5.74, 6) is 0.476. The molecule has 0 radical (unpaired) electrons. The Morgan fingerprint density at radius 2 is 2.19 bits per heavy atom. The number of rotatable bonds is 4. The maximum absolute atomic E-state index is 12.5. The summed E-state index contributed by atoms with van der Waals surface area (Å²) in [5, 5.41) is 2.48. The molecule has 0 aliphatic carbocycles. The van der Waals surface area contributed by atoms with Gasteiger partial charge in [0.05, 0.1) is 0 Å². The summed E-state index contributed by atoms with van der Waals surface area (Å²) >= 11 is 0. The molecule has 1 heterocycles. The molecular weight excluding hydrogens is 268 g/mol. The summed E-state index contributed by atoms with van der Waals surface area (Å²) in [4.78, 5) is 25.3. The number of carbonyl (C=O) groups is 2. The fourth-order valence-corrected chi connectivity index (χ4v) is 2.78. The van der Waals surface area contributed by atoms with E-state index in [0.717, 1.165) is 32.4 Å². The standard InChI is InChI=1S/C15H22N4O2/c16-7-6-11-3-2-8-19(10-11)14(20)12-4-1-5-13(9-12)18-15(17)21/h1,4-5,9,11H,2-3,6-8,10,16H2,(H3,17,18,21). The number of amides is 3. The Hall–Kier alpha value is -2.08. The van der Waals surface area contributed by atoms with Gasteiger partial charge in [0.1, 0.15) is 0 Å². The number of nitrogens with two attached hydrogens (primary N) is 2. The molecule has 6 heteroatoms. The highest BCUT2D eigenvalue weighted by Gasteiger charge is 2.24. The SMILES string of the molecule is NCCC1CCCN(C(=O)c2cccc(NC(N)=O)c2)C1. The highest BCUT2D eigenvalue weighted by Crippen LogP contribution is 2.21. The number of hydrogen-bond acceptors (Lipinski definition) is 3. The molecule has 1 unspecified atom stereocenters. The minimum atomic E-state index is -0.638. The van der Waals surface area contributed by atoms with E-state index < -0.39 is 6.03 Å². The molecule has 3 amide bonds. The molecule has 2 rings (SSSR count). The molecule has 0 aromatic heterocycles. The molecule has 0 spiro atoms. The summed E-state index contributed by atoms with van der Waals surface area (Å²) < 4.78 is 0. The van der Waals surface area contributed by atoms with Gasteiger partial charge in [-0.3, -0.25) is 4.79 Å². The fraction of sp³-hybridized carbons (Fsp3) is 0.467. The number of nitrogens with one attached hydrogen (secondary N) is 1. The van der Waals surface area contributed by atoms with Crippen molar-refractivity contribution in [2.75, 3.05) is 25.0 Å². The van der Waals surface area contributed by atoms with Gasteiger partial charge in [0, 0.05) is 24.3 Å². The number of urea groups is 1. The molecule has 21 heavy (non-hydrogen) atoms. The Morgan fingerprint density at radius 3 is 2.90 bits per heavy atom. The number of nitrogens with zero attached hydrogens (tertiary/aromatic N) is 1. The van der Waals surface area contributed by atoms with Gasteiger partial charge < -0.3 is 21.7 Å². The molecule has 1 saturated heterocycles. The Bertz CT molecular complexity index is 516. The molecule has 5 N–H and O–H groups in total. The van der Waals surface area contributed by atoms with Crippen molar-refractivity contribution in [1.82, 2.24) is 4.90 Å². The Kier molecular flexibility index (Phi) is 5.16. The molecular formula is C15H22N4O2. The first-order valence-electron chi connectivity index (χ1n) is 7.26. The van der Waals surface area contributed by atoms with Gasteiger partial charge in [-0.15, -0.1) is 0 Å². The van der Waals surface area contributed by atoms with E-state index in [1.165, 1.54) is 0 Å². The third-order valence-electron chi connectivity index (χ3n) is 3.76. The van der Waals surface area contributed by atoms with Crippen LogP contribution in [0.2, 0.25) is 0 Å². The molecule has 1 aromatic carbocycles. The molecule has 1 aromatic rings. The number of carbonyl (C=O) groups excluding carboxylic acids is 2. The first-order chi connectivity index (χ1) is 10.1. The smallest absolute Gasteiger partial charge is 0.316 e. The zero-order valence-corrected chi connectivity index (χ0v) is 12.0. The largest absolute Gasteiger partial charge is 0.351 e. The Labute approximate surface area is 124 Å². The lowest BCUT2D eigenvalue weighted by Gasteiger charge is -2.32. The maximum Gasteiger partial charge on any atom is 0.316 e. The van der Waals surface area contributed by atoms with Crippen molar-refractivity contribution in [3.05, 3.63) is 29.8 Å². The van der Waals surface area contributed by atoms with Crippen molar-refractivity contribution in [2.45, 2.75) is 19.3 Å². The molecule has 114 valence electrons. The zero-order chi connectivity index (χ0) is 15.2. The number of anilines is 1. The van der Waals surface area contributed by atoms with Crippen molar-refractivity contribution >= 4 is 17.6 Å². The summed E-state index contributed by atoms with van der Waals surface area (Å²) in [5.41, 5.74) is 11.8. The first kappa shape index (κ1) is 15.3.